The number of nitrogens with one attached hydrogen (secondary N) is 1. The van der Waals surface area contributed by atoms with Crippen LogP contribution in [0.2, 0.25) is 0 Å². The van der Waals surface area contributed by atoms with Gasteiger partial charge in [-0.3, -0.25) is 0 Å². The first-order valence-electron chi connectivity index (χ1n) is 3.85. The standard InChI is InChI=1S/C8H7N3O2S/c12-8(13)11(14)7-9-5-3-1-2-4-6(5)10-7/h1-4,14H,(H,9,10)(H,12,13). The molecule has 5 nitrogen and oxygen atoms in total. The number of nitrogens with zero attached hydrogens (tertiary/aromatic N) is 2. The van der Waals surface area contributed by atoms with Gasteiger partial charge in [-0.1, -0.05) is 24.9 Å². The van der Waals surface area contributed by atoms with E-state index >= 15 is 0 Å². The zero-order valence-electron chi connectivity index (χ0n) is 7.01. The monoisotopic (exact) mass is 209 g/mol. The van der Waals surface area contributed by atoms with Gasteiger partial charge < -0.3 is 10.1 Å². The van der Waals surface area contributed by atoms with Crippen LogP contribution in [0.15, 0.2) is 24.3 Å². The Morgan fingerprint density at radius 2 is 2.21 bits per heavy atom. The van der Waals surface area contributed by atoms with Crippen molar-refractivity contribution in [2.45, 2.75) is 0 Å². The highest BCUT2D eigenvalue weighted by Gasteiger charge is 2.13. The van der Waals surface area contributed by atoms with Crippen LogP contribution in [0, 0.1) is 0 Å². The number of thiol groups is 1. The lowest BCUT2D eigenvalue weighted by Crippen LogP contribution is -2.18. The highest BCUT2D eigenvalue weighted by atomic mass is 32.1. The number of aromatic amines is 1. The molecule has 0 spiro atoms. The first kappa shape index (κ1) is 8.89. The summed E-state index contributed by atoms with van der Waals surface area (Å²) >= 11 is 3.76. The maximum absolute atomic E-state index is 10.6. The number of carboxylic acid groups (broad SMARTS) is 1. The highest BCUT2D eigenvalue weighted by Crippen LogP contribution is 2.17. The third-order valence-corrected chi connectivity index (χ3v) is 2.12. The Morgan fingerprint density at radius 1 is 1.50 bits per heavy atom. The fourth-order valence-electron chi connectivity index (χ4n) is 1.13. The molecule has 0 aliphatic heterocycles. The number of carbonyl (C=O) groups is 1. The summed E-state index contributed by atoms with van der Waals surface area (Å²) in [5, 5.41) is 8.65. The first-order valence-corrected chi connectivity index (χ1v) is 4.25. The quantitative estimate of drug-likeness (QED) is 0.628. The number of H-pyrrole nitrogens is 1. The number of amides is 1. The Labute approximate surface area is 84.9 Å². The molecular weight excluding hydrogens is 202 g/mol. The Kier molecular flexibility index (Phi) is 2.05. The van der Waals surface area contributed by atoms with Crippen molar-refractivity contribution in [1.29, 1.82) is 0 Å². The smallest absolute Gasteiger partial charge is 0.424 e. The van der Waals surface area contributed by atoms with Crippen molar-refractivity contribution in [3.63, 3.8) is 0 Å². The zero-order chi connectivity index (χ0) is 10.1. The number of benzene rings is 1. The number of hydrogen-bond acceptors (Lipinski definition) is 3. The van der Waals surface area contributed by atoms with Crippen molar-refractivity contribution in [2.24, 2.45) is 0 Å². The van der Waals surface area contributed by atoms with Crippen molar-refractivity contribution in [2.75, 3.05) is 4.31 Å². The molecule has 0 aliphatic rings. The van der Waals surface area contributed by atoms with Crippen molar-refractivity contribution in [3.8, 4) is 0 Å². The Balaban J connectivity index is 2.50. The van der Waals surface area contributed by atoms with Crippen LogP contribution in [0.3, 0.4) is 0 Å². The highest BCUT2D eigenvalue weighted by molar-refractivity contribution is 7.82. The second-order valence-corrected chi connectivity index (χ2v) is 3.07. The number of hydrogen-bond donors (Lipinski definition) is 3. The summed E-state index contributed by atoms with van der Waals surface area (Å²) in [6, 6.07) is 7.28. The van der Waals surface area contributed by atoms with Gasteiger partial charge in [-0.05, 0) is 12.1 Å². The molecule has 0 aliphatic carbocycles. The van der Waals surface area contributed by atoms with Crippen LogP contribution in [-0.2, 0) is 0 Å². The number of rotatable bonds is 1. The molecule has 1 amide bonds. The number of fused-ring (bicyclic) bond motifs is 1. The molecule has 6 heteroatoms. The van der Waals surface area contributed by atoms with E-state index in [9.17, 15) is 4.79 Å². The molecule has 0 atom stereocenters. The van der Waals surface area contributed by atoms with Gasteiger partial charge in [0.2, 0.25) is 5.95 Å². The lowest BCUT2D eigenvalue weighted by Gasteiger charge is -2.05. The molecule has 14 heavy (non-hydrogen) atoms. The Hall–Kier alpha value is -1.69. The Bertz CT molecular complexity index is 449. The van der Waals surface area contributed by atoms with Gasteiger partial charge in [0.15, 0.2) is 0 Å². The topological polar surface area (TPSA) is 69.2 Å². The maximum atomic E-state index is 10.6. The van der Waals surface area contributed by atoms with Crippen LogP contribution in [0.4, 0.5) is 10.7 Å². The van der Waals surface area contributed by atoms with Gasteiger partial charge in [0.05, 0.1) is 11.0 Å². The van der Waals surface area contributed by atoms with Crippen LogP contribution >= 0.6 is 12.8 Å². The van der Waals surface area contributed by atoms with E-state index in [-0.39, 0.29) is 5.95 Å². The van der Waals surface area contributed by atoms with Crippen LogP contribution in [0.1, 0.15) is 0 Å². The molecule has 2 rings (SSSR count). The van der Waals surface area contributed by atoms with E-state index in [1.54, 1.807) is 6.07 Å². The van der Waals surface area contributed by atoms with E-state index in [0.717, 1.165) is 9.82 Å². The fraction of sp³-hybridized carbons (Fsp3) is 0. The molecule has 0 saturated carbocycles. The SMILES string of the molecule is O=C(O)N(S)c1nc2ccccc2[nH]1. The van der Waals surface area contributed by atoms with Crippen LogP contribution in [-0.4, -0.2) is 21.2 Å². The molecule has 1 aromatic carbocycles. The predicted octanol–water partition coefficient (Wildman–Crippen LogP) is 1.89. The zero-order valence-corrected chi connectivity index (χ0v) is 7.90. The van der Waals surface area contributed by atoms with Gasteiger partial charge in [0.25, 0.3) is 0 Å². The predicted molar refractivity (Wildman–Crippen MR) is 55.6 cm³/mol. The molecule has 2 N–H and O–H groups in total. The van der Waals surface area contributed by atoms with E-state index in [0.29, 0.717) is 5.52 Å². The van der Waals surface area contributed by atoms with Crippen LogP contribution in [0.25, 0.3) is 11.0 Å². The molecule has 0 saturated heterocycles. The van der Waals surface area contributed by atoms with E-state index in [4.69, 9.17) is 5.11 Å². The second kappa shape index (κ2) is 3.22. The van der Waals surface area contributed by atoms with Gasteiger partial charge in [0.1, 0.15) is 0 Å². The third-order valence-electron chi connectivity index (χ3n) is 1.76. The average molecular weight is 209 g/mol. The molecule has 2 aromatic rings. The average Bonchev–Trinajstić information content (AvgIpc) is 2.59. The van der Waals surface area contributed by atoms with Crippen molar-refractivity contribution >= 4 is 35.9 Å². The lowest BCUT2D eigenvalue weighted by atomic mass is 10.3. The third kappa shape index (κ3) is 1.39. The van der Waals surface area contributed by atoms with E-state index in [2.05, 4.69) is 22.8 Å². The van der Waals surface area contributed by atoms with E-state index in [1.165, 1.54) is 0 Å². The van der Waals surface area contributed by atoms with E-state index in [1.807, 2.05) is 18.2 Å². The largest absolute Gasteiger partial charge is 0.464 e. The van der Waals surface area contributed by atoms with Crippen LogP contribution < -0.4 is 4.31 Å². The minimum Gasteiger partial charge on any atom is -0.464 e. The molecule has 72 valence electrons. The number of para-hydroxylation sites is 2. The van der Waals surface area contributed by atoms with Crippen LogP contribution in [0.5, 0.6) is 0 Å². The summed E-state index contributed by atoms with van der Waals surface area (Å²) < 4.78 is 0.736. The van der Waals surface area contributed by atoms with Gasteiger partial charge in [0, 0.05) is 0 Å². The second-order valence-electron chi connectivity index (χ2n) is 2.67. The summed E-state index contributed by atoms with van der Waals surface area (Å²) in [4.78, 5) is 17.4. The summed E-state index contributed by atoms with van der Waals surface area (Å²) in [7, 11) is 0. The van der Waals surface area contributed by atoms with Crippen molar-refractivity contribution in [3.05, 3.63) is 24.3 Å². The van der Waals surface area contributed by atoms with Gasteiger partial charge in [-0.2, -0.15) is 4.31 Å². The minimum atomic E-state index is -1.17. The summed E-state index contributed by atoms with van der Waals surface area (Å²) in [5.41, 5.74) is 1.49. The summed E-state index contributed by atoms with van der Waals surface area (Å²) in [6.07, 6.45) is -1.17. The number of imidazole rings is 1. The summed E-state index contributed by atoms with van der Waals surface area (Å²) in [5.74, 6) is 0.196. The molecular formula is C8H7N3O2S. The number of aromatic nitrogens is 2. The van der Waals surface area contributed by atoms with Gasteiger partial charge >= 0.3 is 6.09 Å². The molecule has 0 radical (unpaired) electrons. The molecule has 1 heterocycles. The van der Waals surface area contributed by atoms with Crippen molar-refractivity contribution < 1.29 is 9.90 Å². The minimum absolute atomic E-state index is 0.196. The lowest BCUT2D eigenvalue weighted by molar-refractivity contribution is 0.206. The number of anilines is 1. The molecule has 0 unspecified atom stereocenters. The van der Waals surface area contributed by atoms with E-state index < -0.39 is 6.09 Å². The maximum Gasteiger partial charge on any atom is 0.424 e. The molecule has 0 bridgehead atoms. The summed E-state index contributed by atoms with van der Waals surface area (Å²) in [6.45, 7) is 0. The normalized spacial score (nSPS) is 10.4. The van der Waals surface area contributed by atoms with Gasteiger partial charge in [-0.25, -0.2) is 9.78 Å². The fourth-order valence-corrected chi connectivity index (χ4v) is 1.22. The molecule has 1 aromatic heterocycles. The van der Waals surface area contributed by atoms with Gasteiger partial charge in [-0.15, -0.1) is 0 Å². The first-order chi connectivity index (χ1) is 6.68. The van der Waals surface area contributed by atoms with Crippen molar-refractivity contribution in [1.82, 2.24) is 9.97 Å². The Morgan fingerprint density at radius 3 is 2.86 bits per heavy atom. The molecule has 0 fully saturated rings.